The highest BCUT2D eigenvalue weighted by molar-refractivity contribution is 7.10. The first-order chi connectivity index (χ1) is 9.15. The van der Waals surface area contributed by atoms with Crippen molar-refractivity contribution in [1.29, 1.82) is 0 Å². The van der Waals surface area contributed by atoms with Crippen molar-refractivity contribution in [3.05, 3.63) is 63.3 Å². The fourth-order valence-electron chi connectivity index (χ4n) is 1.64. The van der Waals surface area contributed by atoms with Gasteiger partial charge in [-0.3, -0.25) is 4.79 Å². The van der Waals surface area contributed by atoms with Gasteiger partial charge in [0.15, 0.2) is 0 Å². The Bertz CT molecular complexity index is 560. The molecule has 0 aliphatic heterocycles. The number of carbonyl (C=O) groups is 1. The lowest BCUT2D eigenvalue weighted by Gasteiger charge is -2.12. The third-order valence-corrected chi connectivity index (χ3v) is 3.76. The van der Waals surface area contributed by atoms with Crippen molar-refractivity contribution in [1.82, 2.24) is 5.32 Å². The maximum atomic E-state index is 11.8. The molecule has 0 saturated carbocycles. The molecule has 0 unspecified atom stereocenters. The fourth-order valence-corrected chi connectivity index (χ4v) is 2.38. The fraction of sp³-hybridized carbons (Fsp3) is 0.133. The Morgan fingerprint density at radius 1 is 1.32 bits per heavy atom. The van der Waals surface area contributed by atoms with E-state index >= 15 is 0 Å². The van der Waals surface area contributed by atoms with Gasteiger partial charge >= 0.3 is 0 Å². The molecule has 4 heteroatoms. The molecule has 2 aromatic rings. The molecule has 19 heavy (non-hydrogen) atoms. The summed E-state index contributed by atoms with van der Waals surface area (Å²) in [5.41, 5.74) is 1.03. The van der Waals surface area contributed by atoms with E-state index in [2.05, 4.69) is 5.32 Å². The van der Waals surface area contributed by atoms with Gasteiger partial charge in [0.1, 0.15) is 0 Å². The summed E-state index contributed by atoms with van der Waals surface area (Å²) in [5.74, 6) is -0.101. The molecule has 2 rings (SSSR count). The summed E-state index contributed by atoms with van der Waals surface area (Å²) in [6, 6.07) is 11.3. The SMILES string of the molecule is C[C@@H](NC(=O)/C=C/c1cccs1)c1ccc(Cl)cc1. The van der Waals surface area contributed by atoms with Gasteiger partial charge in [0.2, 0.25) is 5.91 Å². The molecule has 1 heterocycles. The number of hydrogen-bond donors (Lipinski definition) is 1. The third-order valence-electron chi connectivity index (χ3n) is 2.67. The molecule has 1 aromatic heterocycles. The number of carbonyl (C=O) groups excluding carboxylic acids is 1. The summed E-state index contributed by atoms with van der Waals surface area (Å²) in [6.07, 6.45) is 3.37. The summed E-state index contributed by atoms with van der Waals surface area (Å²) in [7, 11) is 0. The molecule has 1 amide bonds. The third kappa shape index (κ3) is 4.23. The van der Waals surface area contributed by atoms with Gasteiger partial charge in [-0.25, -0.2) is 0 Å². The Hall–Kier alpha value is -1.58. The molecular weight excluding hydrogens is 278 g/mol. The van der Waals surface area contributed by atoms with Gasteiger partial charge in [-0.1, -0.05) is 29.8 Å². The van der Waals surface area contributed by atoms with E-state index in [1.54, 1.807) is 17.4 Å². The van der Waals surface area contributed by atoms with Gasteiger partial charge in [0.25, 0.3) is 0 Å². The molecule has 0 saturated heterocycles. The van der Waals surface area contributed by atoms with Crippen LogP contribution in [-0.2, 0) is 4.79 Å². The standard InChI is InChI=1S/C15H14ClNOS/c1-11(12-4-6-13(16)7-5-12)17-15(18)9-8-14-3-2-10-19-14/h2-11H,1H3,(H,17,18)/b9-8+/t11-/m1/s1. The van der Waals surface area contributed by atoms with Gasteiger partial charge < -0.3 is 5.32 Å². The Morgan fingerprint density at radius 2 is 2.05 bits per heavy atom. The minimum atomic E-state index is -0.101. The first-order valence-corrected chi connectivity index (χ1v) is 7.18. The average Bonchev–Trinajstić information content (AvgIpc) is 2.90. The zero-order valence-corrected chi connectivity index (χ0v) is 12.0. The molecule has 0 aliphatic carbocycles. The molecule has 0 radical (unpaired) electrons. The van der Waals surface area contributed by atoms with Crippen LogP contribution in [0.1, 0.15) is 23.4 Å². The quantitative estimate of drug-likeness (QED) is 0.837. The van der Waals surface area contributed by atoms with Crippen molar-refractivity contribution in [2.45, 2.75) is 13.0 Å². The van der Waals surface area contributed by atoms with Crippen LogP contribution in [0.25, 0.3) is 6.08 Å². The molecule has 1 atom stereocenters. The van der Waals surface area contributed by atoms with E-state index < -0.39 is 0 Å². The second kappa shape index (κ2) is 6.55. The Balaban J connectivity index is 1.93. The number of amides is 1. The van der Waals surface area contributed by atoms with E-state index in [4.69, 9.17) is 11.6 Å². The lowest BCUT2D eigenvalue weighted by molar-refractivity contribution is -0.117. The number of benzene rings is 1. The molecule has 1 N–H and O–H groups in total. The zero-order chi connectivity index (χ0) is 13.7. The van der Waals surface area contributed by atoms with Crippen LogP contribution in [-0.4, -0.2) is 5.91 Å². The molecule has 98 valence electrons. The van der Waals surface area contributed by atoms with Crippen molar-refractivity contribution in [2.24, 2.45) is 0 Å². The van der Waals surface area contributed by atoms with Gasteiger partial charge in [-0.2, -0.15) is 0 Å². The summed E-state index contributed by atoms with van der Waals surface area (Å²) in [6.45, 7) is 1.94. The number of hydrogen-bond acceptors (Lipinski definition) is 2. The monoisotopic (exact) mass is 291 g/mol. The molecule has 0 spiro atoms. The minimum Gasteiger partial charge on any atom is -0.346 e. The van der Waals surface area contributed by atoms with Crippen LogP contribution in [0.4, 0.5) is 0 Å². The second-order valence-electron chi connectivity index (χ2n) is 4.13. The van der Waals surface area contributed by atoms with E-state index in [9.17, 15) is 4.79 Å². The van der Waals surface area contributed by atoms with E-state index in [0.29, 0.717) is 5.02 Å². The molecule has 0 aliphatic rings. The smallest absolute Gasteiger partial charge is 0.244 e. The van der Waals surface area contributed by atoms with Crippen molar-refractivity contribution < 1.29 is 4.79 Å². The van der Waals surface area contributed by atoms with Gasteiger partial charge in [0.05, 0.1) is 6.04 Å². The van der Waals surface area contributed by atoms with Crippen LogP contribution in [0.2, 0.25) is 5.02 Å². The summed E-state index contributed by atoms with van der Waals surface area (Å²) in [5, 5.41) is 5.59. The largest absolute Gasteiger partial charge is 0.346 e. The maximum Gasteiger partial charge on any atom is 0.244 e. The highest BCUT2D eigenvalue weighted by atomic mass is 35.5. The van der Waals surface area contributed by atoms with Crippen molar-refractivity contribution in [3.63, 3.8) is 0 Å². The average molecular weight is 292 g/mol. The number of thiophene rings is 1. The summed E-state index contributed by atoms with van der Waals surface area (Å²) >= 11 is 7.43. The topological polar surface area (TPSA) is 29.1 Å². The van der Waals surface area contributed by atoms with Crippen LogP contribution in [0.3, 0.4) is 0 Å². The van der Waals surface area contributed by atoms with E-state index in [0.717, 1.165) is 10.4 Å². The van der Waals surface area contributed by atoms with E-state index in [1.165, 1.54) is 0 Å². The van der Waals surface area contributed by atoms with Crippen molar-refractivity contribution >= 4 is 34.9 Å². The summed E-state index contributed by atoms with van der Waals surface area (Å²) < 4.78 is 0. The Kier molecular flexibility index (Phi) is 4.77. The van der Waals surface area contributed by atoms with Crippen LogP contribution in [0.15, 0.2) is 47.9 Å². The highest BCUT2D eigenvalue weighted by Crippen LogP contribution is 2.16. The molecule has 0 fully saturated rings. The minimum absolute atomic E-state index is 0.0437. The van der Waals surface area contributed by atoms with Crippen LogP contribution in [0, 0.1) is 0 Å². The predicted molar refractivity (Wildman–Crippen MR) is 81.4 cm³/mol. The normalized spacial score (nSPS) is 12.5. The second-order valence-corrected chi connectivity index (χ2v) is 5.55. The maximum absolute atomic E-state index is 11.8. The summed E-state index contributed by atoms with van der Waals surface area (Å²) in [4.78, 5) is 12.8. The van der Waals surface area contributed by atoms with Crippen LogP contribution >= 0.6 is 22.9 Å². The first-order valence-electron chi connectivity index (χ1n) is 5.93. The number of nitrogens with one attached hydrogen (secondary N) is 1. The van der Waals surface area contributed by atoms with Crippen molar-refractivity contribution in [3.8, 4) is 0 Å². The first kappa shape index (κ1) is 13.8. The Labute approximate surface area is 121 Å². The molecule has 1 aromatic carbocycles. The van der Waals surface area contributed by atoms with E-state index in [-0.39, 0.29) is 11.9 Å². The lowest BCUT2D eigenvalue weighted by Crippen LogP contribution is -2.24. The Morgan fingerprint density at radius 3 is 2.68 bits per heavy atom. The molecule has 0 bridgehead atoms. The van der Waals surface area contributed by atoms with Gasteiger partial charge in [-0.05, 0) is 42.1 Å². The van der Waals surface area contributed by atoms with Crippen LogP contribution in [0.5, 0.6) is 0 Å². The van der Waals surface area contributed by atoms with Gasteiger partial charge in [-0.15, -0.1) is 11.3 Å². The highest BCUT2D eigenvalue weighted by Gasteiger charge is 2.07. The van der Waals surface area contributed by atoms with Crippen molar-refractivity contribution in [2.75, 3.05) is 0 Å². The van der Waals surface area contributed by atoms with E-state index in [1.807, 2.05) is 54.8 Å². The molecule has 2 nitrogen and oxygen atoms in total. The predicted octanol–water partition coefficient (Wildman–Crippen LogP) is 4.29. The molecular formula is C15H14ClNOS. The van der Waals surface area contributed by atoms with Gasteiger partial charge in [0, 0.05) is 16.0 Å². The lowest BCUT2D eigenvalue weighted by atomic mass is 10.1. The zero-order valence-electron chi connectivity index (χ0n) is 10.5. The number of rotatable bonds is 4. The number of halogens is 1. The van der Waals surface area contributed by atoms with Crippen LogP contribution < -0.4 is 5.32 Å².